The van der Waals surface area contributed by atoms with Gasteiger partial charge in [0.05, 0.1) is 92.8 Å². The molecule has 1 aliphatic heterocycles. The van der Waals surface area contributed by atoms with Gasteiger partial charge < -0.3 is 99.4 Å². The third-order valence-electron chi connectivity index (χ3n) is 20.2. The van der Waals surface area contributed by atoms with Gasteiger partial charge in [0, 0.05) is 95.7 Å². The van der Waals surface area contributed by atoms with Crippen LogP contribution in [0, 0.1) is 103 Å². The van der Waals surface area contributed by atoms with Crippen LogP contribution < -0.4 is 71.6 Å². The molecule has 18 atom stereocenters. The molecule has 0 aromatic heterocycles. The van der Waals surface area contributed by atoms with Crippen molar-refractivity contribution in [1.82, 2.24) is 4.90 Å². The summed E-state index contributed by atoms with van der Waals surface area (Å²) in [6.45, 7) is 34.3. The van der Waals surface area contributed by atoms with Gasteiger partial charge in [0.15, 0.2) is 0 Å². The Kier molecular flexibility index (Phi) is 99.0. The molecule has 1 aromatic carbocycles. The Hall–Kier alpha value is -3.80. The summed E-state index contributed by atoms with van der Waals surface area (Å²) in [5, 5.41) is 64.5. The number of aliphatic carboxylic acids is 1. The molecule has 9 fully saturated rings. The molecule has 9 aliphatic carbocycles. The van der Waals surface area contributed by atoms with Gasteiger partial charge in [-0.1, -0.05) is 61.6 Å². The predicted molar refractivity (Wildman–Crippen MR) is 452 cm³/mol. The number of aliphatic hydroxyl groups is 6. The number of hydrazine groups is 1. The Morgan fingerprint density at radius 2 is 0.759 bits per heavy atom. The maximum Gasteiger partial charge on any atom is 1.00 e. The van der Waals surface area contributed by atoms with Crippen LogP contribution in [0.15, 0.2) is 24.3 Å². The molecule has 0 saturated heterocycles. The zero-order valence-corrected chi connectivity index (χ0v) is 74.2. The molecule has 1 heterocycles. The van der Waals surface area contributed by atoms with Crippen LogP contribution in [0.5, 0.6) is 0 Å². The smallest absolute Gasteiger partial charge is 1.00 e. The molecule has 0 unspecified atom stereocenters. The predicted octanol–water partition coefficient (Wildman–Crippen LogP) is 5.34. The van der Waals surface area contributed by atoms with E-state index in [0.29, 0.717) is 98.1 Å². The van der Waals surface area contributed by atoms with Gasteiger partial charge in [-0.25, -0.2) is 23.9 Å². The van der Waals surface area contributed by atoms with E-state index in [1.54, 1.807) is 24.3 Å². The second-order valence-electron chi connectivity index (χ2n) is 28.0. The number of ether oxygens (including phenoxy) is 4. The van der Waals surface area contributed by atoms with Crippen molar-refractivity contribution in [1.29, 1.82) is 5.26 Å². The molecule has 116 heavy (non-hydrogen) atoms. The van der Waals surface area contributed by atoms with Gasteiger partial charge in [-0.2, -0.15) is 0 Å². The van der Waals surface area contributed by atoms with Crippen molar-refractivity contribution in [3.63, 3.8) is 0 Å². The SMILES string of the molecule is C.C.C.CO.CO.COC(=O)[C@H]1CC[C@@H](C)C1.COC(=O)[C@H]1CC[C@H](C)C1.COC(=O)[C@H]1CC[C@H](O)C1.COC(=O)[C@H]1CC[C@H](O)C1.C[C@@H]1CC[C@H](CO)C1.ClCCl.NN.O.O=C(O)[C@H]1CC[C@H](O)C1.O=S(Cl)Cl.[B].[C-]#N.[C-]#[N+][C@@H]1CC[C@H](CN)C1.[C-]#[N+][C@@H]1CC[C@H](CN)C1.[C-]#[N+][C@@H]1CC[C@H](CN2C(=O)c3ccccc3C2=O)C1.[H-].[Li+].[Na+]. The van der Waals surface area contributed by atoms with Crippen LogP contribution in [0.4, 0.5) is 0 Å². The van der Waals surface area contributed by atoms with Gasteiger partial charge in [-0.05, 0) is 195 Å². The fourth-order valence-electron chi connectivity index (χ4n) is 14.3. The molecule has 17 N–H and O–H groups in total. The molecular weight excluding hydrogens is 1610 g/mol. The van der Waals surface area contributed by atoms with Crippen LogP contribution in [0.3, 0.4) is 0 Å². The number of carboxylic acids is 1. The molecule has 0 bridgehead atoms. The Labute approximate surface area is 753 Å². The number of amides is 2. The summed E-state index contributed by atoms with van der Waals surface area (Å²) in [5.74, 6) is 10.9. The molecule has 10 aliphatic rings. The Bertz CT molecular complexity index is 2670. The van der Waals surface area contributed by atoms with Crippen molar-refractivity contribution >= 4 is 104 Å². The first-order valence-corrected chi connectivity index (χ1v) is 40.9. The van der Waals surface area contributed by atoms with E-state index >= 15 is 0 Å². The fourth-order valence-corrected chi connectivity index (χ4v) is 14.3. The molecule has 2 amide bonds. The number of carbonyl (C=O) groups is 7. The topological polar surface area (TPSA) is 491 Å². The summed E-state index contributed by atoms with van der Waals surface area (Å²) in [6, 6.07) is 7.60. The van der Waals surface area contributed by atoms with Crippen molar-refractivity contribution in [3.05, 3.63) is 76.2 Å². The second-order valence-corrected chi connectivity index (χ2v) is 31.4. The normalized spacial score (nSPS) is 26.6. The summed E-state index contributed by atoms with van der Waals surface area (Å²) in [7, 11) is 15.0. The van der Waals surface area contributed by atoms with Crippen molar-refractivity contribution in [3.8, 4) is 0 Å². The van der Waals surface area contributed by atoms with E-state index in [9.17, 15) is 33.6 Å². The first-order chi connectivity index (χ1) is 52.0. The number of imide groups is 1. The van der Waals surface area contributed by atoms with Crippen LogP contribution in [0.25, 0.3) is 14.5 Å². The van der Waals surface area contributed by atoms with Crippen LogP contribution in [0.2, 0.25) is 0 Å². The summed E-state index contributed by atoms with van der Waals surface area (Å²) in [4.78, 5) is 90.0. The number of halogens is 4. The minimum atomic E-state index is -1.67. The average molecular weight is 1750 g/mol. The van der Waals surface area contributed by atoms with Gasteiger partial charge >= 0.3 is 78.3 Å². The molecule has 0 spiro atoms. The molecule has 29 nitrogen and oxygen atoms in total. The van der Waals surface area contributed by atoms with Crippen molar-refractivity contribution in [2.75, 3.05) is 74.2 Å². The summed E-state index contributed by atoms with van der Waals surface area (Å²) in [5.41, 5.74) is 11.9. The van der Waals surface area contributed by atoms with E-state index in [1.807, 2.05) is 0 Å². The number of alkyl halides is 2. The first-order valence-electron chi connectivity index (χ1n) is 37.0. The number of hydrogen-bond donors (Lipinski definition) is 11. The van der Waals surface area contributed by atoms with Crippen LogP contribution in [-0.2, 0) is 52.1 Å². The van der Waals surface area contributed by atoms with Gasteiger partial charge in [-0.3, -0.25) is 50.1 Å². The van der Waals surface area contributed by atoms with E-state index in [0.717, 1.165) is 130 Å². The number of nitrogens with zero attached hydrogens (tertiary/aromatic N) is 5. The number of rotatable bonds is 10. The number of nitrogens with two attached hydrogens (primary N) is 4. The second kappa shape index (κ2) is 84.8. The quantitative estimate of drug-likeness (QED) is 0.0162. The number of carbonyl (C=O) groups excluding carboxylic acids is 6. The maximum atomic E-state index is 12.2. The van der Waals surface area contributed by atoms with E-state index < -0.39 is 15.2 Å². The minimum absolute atomic E-state index is 0. The number of benzene rings is 1. The Morgan fingerprint density at radius 3 is 0.948 bits per heavy atom. The third-order valence-corrected chi connectivity index (χ3v) is 20.2. The molecule has 37 heteroatoms. The number of methoxy groups -OCH3 is 4. The zero-order valence-electron chi connectivity index (χ0n) is 69.4. The van der Waals surface area contributed by atoms with Crippen molar-refractivity contribution in [2.45, 2.75) is 253 Å². The van der Waals surface area contributed by atoms with E-state index in [2.05, 4.69) is 87.3 Å². The Morgan fingerprint density at radius 1 is 0.509 bits per heavy atom. The maximum absolute atomic E-state index is 12.2. The standard InChI is InChI=1S/C15H14N2O2.2C8H14O2.2C7H12N2.2C7H12O3.C7H14O.C6H10O3.CH2Cl2.CN.2CH4O.3CH4.B.Cl2OS.Li.H4N2.Na.H2O.H/c1-16-11-7-6-10(8-11)9-17-14(18)12-4-2-3-5-13(12)15(17)19;2*1-6-3-4-7(5-6)8(9)10-2;2*1-9-7-3-2-6(4-7)5-8;2*1-10-7(9)5-2-3-6(8)4-5;1-6-2-3-7(4-6)5-8;7-5-2-1-4(3-5)6(8)9;2-1-3;3*1-2;;;;;1-4(2)3;;1-2;;;/h2-5,10-11H,6-9H2;2*6-7H,3-5H2,1-2H3;2*6-7H,2-5,8H2;2*5-6,8H,2-4H2,1H3;6-8H,2-5H2,1H3;4-5,7H,1-3H2,(H,8,9);1H2;;2*2H,1H3;3*1H4;;;;1-2H2;;1H2;/q;;;;;;;;;;-1;;;;;;;;+1;;+1;;-1/t10-,11+;6-,7+;6-,7-;2*6-,7+;2*5-,6-;6-,7+;4-,5-;;;;;;;;;;;;;;/m010000010............../s1. The average Bonchev–Trinajstić information content (AvgIpc) is 1.63. The van der Waals surface area contributed by atoms with Gasteiger partial charge in [-0.15, -0.1) is 23.2 Å². The molecule has 9 saturated carbocycles. The van der Waals surface area contributed by atoms with Gasteiger partial charge in [0.25, 0.3) is 11.8 Å². The molecule has 3 radical (unpaired) electrons. The van der Waals surface area contributed by atoms with E-state index in [4.69, 9.17) is 106 Å². The molecule has 663 valence electrons. The minimum Gasteiger partial charge on any atom is -1.00 e. The van der Waals surface area contributed by atoms with Gasteiger partial charge in [0.2, 0.25) is 27.4 Å². The van der Waals surface area contributed by atoms with Crippen molar-refractivity contribution in [2.24, 2.45) is 94.2 Å². The number of carboxylic acid groups (broad SMARTS) is 1. The zero-order chi connectivity index (χ0) is 84.1. The molecular formula is C79H143BCl4LiN9NaO20S. The number of aliphatic hydroxyl groups excluding tert-OH is 6. The largest absolute Gasteiger partial charge is 1.00 e. The monoisotopic (exact) mass is 1750 g/mol. The fraction of sp³-hybridized carbons (Fsp3) is 0.785. The molecule has 1 aromatic rings. The van der Waals surface area contributed by atoms with Crippen LogP contribution in [0.1, 0.15) is 239 Å². The molecule has 11 rings (SSSR count). The summed E-state index contributed by atoms with van der Waals surface area (Å²) in [6.07, 6.45) is 24.4. The first kappa shape index (κ1) is 135. The van der Waals surface area contributed by atoms with Crippen molar-refractivity contribution < 1.29 is 148 Å². The third kappa shape index (κ3) is 59.8. The summed E-state index contributed by atoms with van der Waals surface area (Å²) < 4.78 is 27.4. The number of esters is 4. The van der Waals surface area contributed by atoms with Crippen LogP contribution in [-0.4, -0.2) is 211 Å². The van der Waals surface area contributed by atoms with Crippen LogP contribution >= 0.6 is 44.6 Å². The van der Waals surface area contributed by atoms with E-state index in [-0.39, 0.29) is 187 Å². The van der Waals surface area contributed by atoms with E-state index in [1.165, 1.54) is 78.3 Å². The summed E-state index contributed by atoms with van der Waals surface area (Å²) >= 11 is 9.53. The number of fused-ring (bicyclic) bond motifs is 1. The number of hydrogen-bond acceptors (Lipinski definition) is 23. The Balaban J connectivity index is -0.000000104. The van der Waals surface area contributed by atoms with Gasteiger partial charge in [0.1, 0.15) is 0 Å².